The molecule has 0 radical (unpaired) electrons. The standard InChI is InChI=1S/C17H37N3O.C17H34N2O2.C17H36N2O2.C17H36N2O.C16H35N3O.C16H34N2O.C15H32N2O/c1-16(2,3)18-8-11-19-9-7-10-20(13-12-19)14-15-21-17(4,5)6;1-16(2,3)20-9-7-18-12-15-11-14(18)13-19(15)8-10-21-17(4,5)6;1-16(2,3)20-14-12-18-8-7-9-19(11-10-18)13-15-21-17(4,5)6;1-16(2,3)18-10-7-15-8-11-19(12-9-15)13-14-20-17(4,5)6;1-15(2,3)17-7-8-18-9-11-19(12-10-18)13-14-20-16(4,5)6;1-15(2,3)17-13-14-7-9-18(10-8-14)11-12-19-16(4,5)6;1-14(2,3)16-13-7-9-17(10-8-13)11-12-18-15(4,5)6/h18H,7-15H2,1-6H3;14-15H,7-13H2,1-6H3;7-15H2,1-6H3;15,18H,7-14H2,1-6H3;17H,7-14H2,1-6H3;14,17H,7-13H2,1-6H3;13,16H,7-12H2,1-6H3/t;14-,15-;;;;;/m.1...../s1. The van der Waals surface area contributed by atoms with E-state index < -0.39 is 0 Å². The van der Waals surface area contributed by atoms with Gasteiger partial charge in [-0.2, -0.15) is 0 Å². The number of nitrogens with one attached hydrogen (secondary N) is 5. The van der Waals surface area contributed by atoms with Crippen molar-refractivity contribution in [2.45, 2.75) is 451 Å². The molecule has 0 aromatic rings. The van der Waals surface area contributed by atoms with Crippen molar-refractivity contribution in [2.75, 3.05) is 289 Å². The van der Waals surface area contributed by atoms with Crippen LogP contribution < -0.4 is 26.6 Å². The molecule has 8 fully saturated rings. The molecule has 0 spiro atoms. The van der Waals surface area contributed by atoms with Gasteiger partial charge in [0.1, 0.15) is 0 Å². The molecule has 0 unspecified atom stereocenters. The van der Waals surface area contributed by atoms with Crippen LogP contribution in [0, 0.1) is 11.8 Å². The normalized spacial score (nSPS) is 21.0. The summed E-state index contributed by atoms with van der Waals surface area (Å²) in [6.07, 6.45) is 13.0. The molecule has 25 heteroatoms. The van der Waals surface area contributed by atoms with Crippen LogP contribution >= 0.6 is 0 Å². The van der Waals surface area contributed by atoms with Crippen molar-refractivity contribution in [2.24, 2.45) is 11.8 Å². The zero-order chi connectivity index (χ0) is 106. The molecule has 8 rings (SSSR count). The number of ether oxygens (including phenoxy) is 9. The summed E-state index contributed by atoms with van der Waals surface area (Å²) in [6.45, 7) is 139. The Kier molecular flexibility index (Phi) is 63.1. The summed E-state index contributed by atoms with van der Waals surface area (Å²) in [7, 11) is 0. The monoisotopic (exact) mass is 1990 g/mol. The highest BCUT2D eigenvalue weighted by Crippen LogP contribution is 2.31. The molecule has 0 aromatic heterocycles. The van der Waals surface area contributed by atoms with Gasteiger partial charge >= 0.3 is 0 Å². The van der Waals surface area contributed by atoms with E-state index in [2.05, 4.69) is 371 Å². The second-order valence-corrected chi connectivity index (χ2v) is 56.0. The van der Waals surface area contributed by atoms with Crippen molar-refractivity contribution in [1.29, 1.82) is 0 Å². The van der Waals surface area contributed by atoms with Crippen LogP contribution in [0.5, 0.6) is 0 Å². The fourth-order valence-corrected chi connectivity index (χ4v) is 18.0. The van der Waals surface area contributed by atoms with Crippen molar-refractivity contribution in [1.82, 2.24) is 80.5 Å². The molecule has 2 bridgehead atoms. The molecule has 0 saturated carbocycles. The smallest absolute Gasteiger partial charge is 0.0600 e. The lowest BCUT2D eigenvalue weighted by molar-refractivity contribution is -0.0286. The fourth-order valence-electron chi connectivity index (χ4n) is 18.0. The van der Waals surface area contributed by atoms with E-state index in [0.29, 0.717) is 6.04 Å². The average molecular weight is 2000 g/mol. The molecular weight excluding hydrogens is 1750 g/mol. The number of piperidine rings is 3. The minimum absolute atomic E-state index is 0.00303. The zero-order valence-corrected chi connectivity index (χ0v) is 101. The van der Waals surface area contributed by atoms with Crippen molar-refractivity contribution in [3.05, 3.63) is 0 Å². The Balaban J connectivity index is 0.000000553. The number of piperazine rings is 2. The maximum Gasteiger partial charge on any atom is 0.0600 e. The van der Waals surface area contributed by atoms with Gasteiger partial charge in [0.05, 0.1) is 110 Å². The van der Waals surface area contributed by atoms with Crippen LogP contribution in [-0.2, 0) is 42.6 Å². The molecule has 8 aliphatic rings. The zero-order valence-electron chi connectivity index (χ0n) is 101. The van der Waals surface area contributed by atoms with Crippen molar-refractivity contribution in [3.63, 3.8) is 0 Å². The summed E-state index contributed by atoms with van der Waals surface area (Å²) in [6, 6.07) is 2.14. The van der Waals surface area contributed by atoms with E-state index in [1.165, 1.54) is 182 Å². The molecule has 2 atom stereocenters. The Labute approximate surface area is 869 Å². The lowest BCUT2D eigenvalue weighted by Gasteiger charge is -2.36. The third-order valence-electron chi connectivity index (χ3n) is 25.7. The van der Waals surface area contributed by atoms with Gasteiger partial charge in [-0.25, -0.2) is 0 Å². The van der Waals surface area contributed by atoms with E-state index in [1.54, 1.807) is 0 Å². The number of fused-ring (bicyclic) bond motifs is 2. The highest BCUT2D eigenvalue weighted by atomic mass is 16.5. The first-order valence-electron chi connectivity index (χ1n) is 56.6. The molecule has 140 heavy (non-hydrogen) atoms. The van der Waals surface area contributed by atoms with E-state index in [4.69, 9.17) is 42.6 Å². The molecule has 8 aliphatic heterocycles. The Morgan fingerprint density at radius 2 is 0.414 bits per heavy atom. The first-order valence-corrected chi connectivity index (χ1v) is 56.6. The Morgan fingerprint density at radius 1 is 0.207 bits per heavy atom. The number of hydrogen-bond acceptors (Lipinski definition) is 25. The molecule has 0 amide bonds. The summed E-state index contributed by atoms with van der Waals surface area (Å²) in [5, 5.41) is 18.1. The van der Waals surface area contributed by atoms with Gasteiger partial charge in [0.2, 0.25) is 0 Å². The molecule has 8 heterocycles. The van der Waals surface area contributed by atoms with Gasteiger partial charge in [0.25, 0.3) is 0 Å². The van der Waals surface area contributed by atoms with Gasteiger partial charge in [0.15, 0.2) is 0 Å². The molecule has 0 aliphatic carbocycles. The van der Waals surface area contributed by atoms with E-state index in [1.807, 2.05) is 0 Å². The Morgan fingerprint density at radius 3 is 0.650 bits per heavy atom. The van der Waals surface area contributed by atoms with Gasteiger partial charge in [-0.1, -0.05) is 0 Å². The van der Waals surface area contributed by atoms with E-state index >= 15 is 0 Å². The van der Waals surface area contributed by atoms with Crippen LogP contribution in [0.1, 0.15) is 355 Å². The predicted octanol–water partition coefficient (Wildman–Crippen LogP) is 17.9. The van der Waals surface area contributed by atoms with Gasteiger partial charge < -0.3 is 88.8 Å². The van der Waals surface area contributed by atoms with Gasteiger partial charge in [-0.05, 0) is 445 Å². The number of rotatable bonds is 39. The van der Waals surface area contributed by atoms with Gasteiger partial charge in [-0.15, -0.1) is 0 Å². The third kappa shape index (κ3) is 81.8. The third-order valence-corrected chi connectivity index (χ3v) is 25.7. The lowest BCUT2D eigenvalue weighted by atomic mass is 9.93. The first kappa shape index (κ1) is 135. The maximum atomic E-state index is 5.85. The quantitative estimate of drug-likeness (QED) is 0.0392. The summed E-state index contributed by atoms with van der Waals surface area (Å²) >= 11 is 0. The summed E-state index contributed by atoms with van der Waals surface area (Å²) in [4.78, 5) is 28.1. The second kappa shape index (κ2) is 65.4. The highest BCUT2D eigenvalue weighted by molar-refractivity contribution is 5.00. The summed E-state index contributed by atoms with van der Waals surface area (Å²) in [5.74, 6) is 1.75. The largest absolute Gasteiger partial charge is 0.375 e. The fraction of sp³-hybridized carbons (Fsp3) is 1.00. The summed E-state index contributed by atoms with van der Waals surface area (Å²) < 4.78 is 52.4. The predicted molar refractivity (Wildman–Crippen MR) is 601 cm³/mol. The van der Waals surface area contributed by atoms with Crippen LogP contribution in [0.2, 0.25) is 0 Å². The van der Waals surface area contributed by atoms with E-state index in [9.17, 15) is 0 Å². The number of nitrogens with zero attached hydrogens (tertiary/aromatic N) is 11. The number of likely N-dealkylation sites (tertiary alicyclic amines) is 5. The average Bonchev–Trinajstić information content (AvgIpc) is 1.64. The Bertz CT molecular complexity index is 2750. The minimum atomic E-state index is -0.0256. The Hall–Kier alpha value is -1.00. The second-order valence-electron chi connectivity index (χ2n) is 56.0. The SMILES string of the molecule is CC(C)(C)NC1CCN(CCOC(C)(C)C)CC1.CC(C)(C)NCC1CCN(CCOC(C)(C)C)CC1.CC(C)(C)NCCC1CCN(CCOC(C)(C)C)CC1.CC(C)(C)NCCN1CCCN(CCOC(C)(C)C)CC1.CC(C)(C)NCCN1CCN(CCOC(C)(C)C)CC1.CC(C)(C)OCCN1CCCN(CCOC(C)(C)C)CC1.CC(C)(C)OCCN1C[C@H]2C[C@@H]1CN2CCOC(C)(C)C. The molecule has 0 aromatic carbocycles. The molecule has 5 N–H and O–H groups in total. The van der Waals surface area contributed by atoms with Crippen LogP contribution in [-0.4, -0.2) is 439 Å². The van der Waals surface area contributed by atoms with Gasteiger partial charge in [0, 0.05) is 196 Å². The first-order chi connectivity index (χ1) is 64.1. The van der Waals surface area contributed by atoms with Crippen molar-refractivity contribution < 1.29 is 42.6 Å². The molecule has 838 valence electrons. The summed E-state index contributed by atoms with van der Waals surface area (Å²) in [5.41, 5.74) is 1.06. The van der Waals surface area contributed by atoms with E-state index in [-0.39, 0.29) is 78.1 Å². The van der Waals surface area contributed by atoms with Crippen molar-refractivity contribution in [3.8, 4) is 0 Å². The highest BCUT2D eigenvalue weighted by Gasteiger charge is 2.43. The van der Waals surface area contributed by atoms with Crippen LogP contribution in [0.25, 0.3) is 0 Å². The number of hydrogen-bond donors (Lipinski definition) is 5. The van der Waals surface area contributed by atoms with Crippen LogP contribution in [0.4, 0.5) is 0 Å². The lowest BCUT2D eigenvalue weighted by Crippen LogP contribution is -2.50. The van der Waals surface area contributed by atoms with Crippen molar-refractivity contribution >= 4 is 0 Å². The topological polar surface area (TPSA) is 179 Å². The van der Waals surface area contributed by atoms with Crippen LogP contribution in [0.15, 0.2) is 0 Å². The van der Waals surface area contributed by atoms with E-state index in [0.717, 1.165) is 195 Å². The maximum absolute atomic E-state index is 5.85. The van der Waals surface area contributed by atoms with Gasteiger partial charge in [-0.3, -0.25) is 34.3 Å². The molecule has 8 saturated heterocycles. The van der Waals surface area contributed by atoms with Crippen LogP contribution in [0.3, 0.4) is 0 Å². The molecule has 25 nitrogen and oxygen atoms in total. The molecular formula is C115H244N16O9. The minimum Gasteiger partial charge on any atom is -0.375 e.